The highest BCUT2D eigenvalue weighted by Crippen LogP contribution is 2.24. The van der Waals surface area contributed by atoms with Gasteiger partial charge in [-0.05, 0) is 32.5 Å². The van der Waals surface area contributed by atoms with Crippen LogP contribution < -0.4 is 5.32 Å². The number of hydrogen-bond acceptors (Lipinski definition) is 5. The highest BCUT2D eigenvalue weighted by atomic mass is 32.1. The summed E-state index contributed by atoms with van der Waals surface area (Å²) in [5.74, 6) is 0.0319. The average molecular weight is 309 g/mol. The molecule has 0 aliphatic carbocycles. The first-order chi connectivity index (χ1) is 9.54. The Hall–Kier alpha value is -1.24. The van der Waals surface area contributed by atoms with Crippen molar-refractivity contribution in [3.8, 4) is 0 Å². The molecule has 1 N–H and O–H groups in total. The zero-order valence-corrected chi connectivity index (χ0v) is 13.6. The molecule has 0 bridgehead atoms. The number of carbonyl (C=O) groups excluding carboxylic acids is 1. The lowest BCUT2D eigenvalue weighted by molar-refractivity contribution is -0.122. The molecule has 4 nitrogen and oxygen atoms in total. The van der Waals surface area contributed by atoms with E-state index in [2.05, 4.69) is 21.7 Å². The van der Waals surface area contributed by atoms with E-state index in [0.29, 0.717) is 6.54 Å². The van der Waals surface area contributed by atoms with Gasteiger partial charge in [-0.25, -0.2) is 4.98 Å². The van der Waals surface area contributed by atoms with E-state index in [9.17, 15) is 4.79 Å². The maximum atomic E-state index is 12.0. The van der Waals surface area contributed by atoms with Gasteiger partial charge in [0.1, 0.15) is 5.01 Å². The number of nitrogens with one attached hydrogen (secondary N) is 1. The zero-order chi connectivity index (χ0) is 14.5. The van der Waals surface area contributed by atoms with Gasteiger partial charge >= 0.3 is 0 Å². The van der Waals surface area contributed by atoms with Crippen LogP contribution in [0.25, 0.3) is 0 Å². The maximum absolute atomic E-state index is 12.0. The molecular formula is C14H19N3OS2. The number of carbonyl (C=O) groups is 1. The molecule has 1 amide bonds. The van der Waals surface area contributed by atoms with Gasteiger partial charge < -0.3 is 10.2 Å². The predicted octanol–water partition coefficient (Wildman–Crippen LogP) is 2.47. The molecule has 0 saturated heterocycles. The van der Waals surface area contributed by atoms with Gasteiger partial charge in [-0.1, -0.05) is 6.07 Å². The van der Waals surface area contributed by atoms with E-state index >= 15 is 0 Å². The molecule has 0 aromatic carbocycles. The minimum absolute atomic E-state index is 0.0319. The Morgan fingerprint density at radius 1 is 1.45 bits per heavy atom. The van der Waals surface area contributed by atoms with Crippen molar-refractivity contribution >= 4 is 28.6 Å². The van der Waals surface area contributed by atoms with Crippen LogP contribution in [0.1, 0.15) is 21.6 Å². The number of hydrogen-bond donors (Lipinski definition) is 1. The van der Waals surface area contributed by atoms with Crippen molar-refractivity contribution in [3.63, 3.8) is 0 Å². The van der Waals surface area contributed by atoms with Gasteiger partial charge in [-0.3, -0.25) is 4.79 Å². The number of aryl methyl sites for hydroxylation is 1. The van der Waals surface area contributed by atoms with Gasteiger partial charge in [-0.2, -0.15) is 0 Å². The standard InChI is InChI=1S/C14H19N3OS2/c1-10-9-20-14(15-10)12(7-11-5-4-6-19-11)16-13(18)8-17(2)3/h4-6,9,12H,7-8H2,1-3H3,(H,16,18). The number of aromatic nitrogens is 1. The molecule has 108 valence electrons. The maximum Gasteiger partial charge on any atom is 0.234 e. The number of thiazole rings is 1. The molecule has 0 aliphatic rings. The number of thiophene rings is 1. The van der Waals surface area contributed by atoms with Crippen molar-refractivity contribution in [2.24, 2.45) is 0 Å². The number of likely N-dealkylation sites (N-methyl/N-ethyl adjacent to an activating group) is 1. The largest absolute Gasteiger partial charge is 0.345 e. The summed E-state index contributed by atoms with van der Waals surface area (Å²) in [5, 5.41) is 8.14. The summed E-state index contributed by atoms with van der Waals surface area (Å²) in [6.07, 6.45) is 0.795. The Balaban J connectivity index is 2.09. The minimum atomic E-state index is -0.0419. The summed E-state index contributed by atoms with van der Waals surface area (Å²) in [6, 6.07) is 4.09. The monoisotopic (exact) mass is 309 g/mol. The third-order valence-electron chi connectivity index (χ3n) is 2.72. The van der Waals surface area contributed by atoms with Crippen molar-refractivity contribution < 1.29 is 4.79 Å². The van der Waals surface area contributed by atoms with Crippen LogP contribution >= 0.6 is 22.7 Å². The van der Waals surface area contributed by atoms with E-state index < -0.39 is 0 Å². The Kier molecular flexibility index (Phi) is 5.28. The molecular weight excluding hydrogens is 290 g/mol. The zero-order valence-electron chi connectivity index (χ0n) is 11.9. The van der Waals surface area contributed by atoms with Gasteiger partial charge in [0.2, 0.25) is 5.91 Å². The lowest BCUT2D eigenvalue weighted by Gasteiger charge is -2.17. The van der Waals surface area contributed by atoms with Crippen LogP contribution in [0.4, 0.5) is 0 Å². The van der Waals surface area contributed by atoms with Gasteiger partial charge in [0.25, 0.3) is 0 Å². The average Bonchev–Trinajstić information content (AvgIpc) is 2.98. The lowest BCUT2D eigenvalue weighted by Crippen LogP contribution is -2.36. The second-order valence-electron chi connectivity index (χ2n) is 4.97. The van der Waals surface area contributed by atoms with Crippen LogP contribution in [0.2, 0.25) is 0 Å². The fourth-order valence-electron chi connectivity index (χ4n) is 1.89. The first-order valence-electron chi connectivity index (χ1n) is 6.43. The summed E-state index contributed by atoms with van der Waals surface area (Å²) < 4.78 is 0. The molecule has 2 rings (SSSR count). The number of rotatable bonds is 6. The van der Waals surface area contributed by atoms with E-state index in [0.717, 1.165) is 17.1 Å². The number of amides is 1. The summed E-state index contributed by atoms with van der Waals surface area (Å²) in [5.41, 5.74) is 1.00. The van der Waals surface area contributed by atoms with Crippen molar-refractivity contribution in [1.29, 1.82) is 0 Å². The lowest BCUT2D eigenvalue weighted by atomic mass is 10.2. The second kappa shape index (κ2) is 6.97. The van der Waals surface area contributed by atoms with Crippen molar-refractivity contribution in [2.45, 2.75) is 19.4 Å². The Bertz CT molecular complexity index is 549. The Morgan fingerprint density at radius 2 is 2.25 bits per heavy atom. The molecule has 2 heterocycles. The molecule has 1 unspecified atom stereocenters. The van der Waals surface area contributed by atoms with Crippen LogP contribution in [0.5, 0.6) is 0 Å². The summed E-state index contributed by atoms with van der Waals surface area (Å²) in [7, 11) is 3.78. The molecule has 6 heteroatoms. The van der Waals surface area contributed by atoms with Gasteiger partial charge in [0.05, 0.1) is 12.6 Å². The van der Waals surface area contributed by atoms with E-state index in [1.807, 2.05) is 37.4 Å². The third-order valence-corrected chi connectivity index (χ3v) is 4.69. The van der Waals surface area contributed by atoms with Crippen LogP contribution in [-0.4, -0.2) is 36.4 Å². The molecule has 0 fully saturated rings. The van der Waals surface area contributed by atoms with Crippen LogP contribution in [0.3, 0.4) is 0 Å². The Labute approximate surface area is 127 Å². The molecule has 0 spiro atoms. The topological polar surface area (TPSA) is 45.2 Å². The first-order valence-corrected chi connectivity index (χ1v) is 8.19. The van der Waals surface area contributed by atoms with Crippen molar-refractivity contribution in [2.75, 3.05) is 20.6 Å². The van der Waals surface area contributed by atoms with Crippen LogP contribution in [0, 0.1) is 6.92 Å². The van der Waals surface area contributed by atoms with Crippen molar-refractivity contribution in [1.82, 2.24) is 15.2 Å². The minimum Gasteiger partial charge on any atom is -0.345 e. The predicted molar refractivity (Wildman–Crippen MR) is 84.3 cm³/mol. The summed E-state index contributed by atoms with van der Waals surface area (Å²) in [4.78, 5) is 19.6. The fourth-order valence-corrected chi connectivity index (χ4v) is 3.49. The SMILES string of the molecule is Cc1csc(C(Cc2cccs2)NC(=O)CN(C)C)n1. The smallest absolute Gasteiger partial charge is 0.234 e. The molecule has 20 heavy (non-hydrogen) atoms. The highest BCUT2D eigenvalue weighted by Gasteiger charge is 2.19. The molecule has 2 aromatic rings. The normalized spacial score (nSPS) is 12.6. The molecule has 0 aliphatic heterocycles. The first kappa shape index (κ1) is 15.2. The van der Waals surface area contributed by atoms with E-state index in [-0.39, 0.29) is 11.9 Å². The van der Waals surface area contributed by atoms with E-state index in [1.54, 1.807) is 22.7 Å². The Morgan fingerprint density at radius 3 is 2.80 bits per heavy atom. The van der Waals surface area contributed by atoms with Crippen LogP contribution in [0.15, 0.2) is 22.9 Å². The molecule has 1 atom stereocenters. The van der Waals surface area contributed by atoms with E-state index in [1.165, 1.54) is 4.88 Å². The van der Waals surface area contributed by atoms with Crippen LogP contribution in [-0.2, 0) is 11.2 Å². The quantitative estimate of drug-likeness (QED) is 0.891. The third kappa shape index (κ3) is 4.40. The van der Waals surface area contributed by atoms with Crippen molar-refractivity contribution in [3.05, 3.63) is 38.5 Å². The summed E-state index contributed by atoms with van der Waals surface area (Å²) in [6.45, 7) is 2.37. The van der Waals surface area contributed by atoms with Gasteiger partial charge in [-0.15, -0.1) is 22.7 Å². The number of nitrogens with zero attached hydrogens (tertiary/aromatic N) is 2. The van der Waals surface area contributed by atoms with Gasteiger partial charge in [0.15, 0.2) is 0 Å². The fraction of sp³-hybridized carbons (Fsp3) is 0.429. The summed E-state index contributed by atoms with van der Waals surface area (Å²) >= 11 is 3.31. The molecule has 2 aromatic heterocycles. The molecule has 0 saturated carbocycles. The van der Waals surface area contributed by atoms with E-state index in [4.69, 9.17) is 0 Å². The molecule has 0 radical (unpaired) electrons. The van der Waals surface area contributed by atoms with Gasteiger partial charge in [0, 0.05) is 22.4 Å². The highest BCUT2D eigenvalue weighted by molar-refractivity contribution is 7.10. The second-order valence-corrected chi connectivity index (χ2v) is 6.89.